The first-order valence-corrected chi connectivity index (χ1v) is 6.61. The number of primary amides is 1. The summed E-state index contributed by atoms with van der Waals surface area (Å²) >= 11 is 0. The van der Waals surface area contributed by atoms with Crippen LogP contribution in [0.2, 0.25) is 0 Å². The van der Waals surface area contributed by atoms with E-state index in [4.69, 9.17) is 5.73 Å². The van der Waals surface area contributed by atoms with Crippen LogP contribution in [0.15, 0.2) is 23.4 Å². The maximum absolute atomic E-state index is 13.5. The van der Waals surface area contributed by atoms with Crippen LogP contribution in [0, 0.1) is 5.82 Å². The molecule has 8 heteroatoms. The van der Waals surface area contributed by atoms with Crippen molar-refractivity contribution in [3.8, 4) is 0 Å². The number of nitrogens with zero attached hydrogens (tertiary/aromatic N) is 2. The van der Waals surface area contributed by atoms with Gasteiger partial charge in [-0.25, -0.2) is 17.8 Å². The maximum Gasteiger partial charge on any atom is 0.264 e. The first-order valence-electron chi connectivity index (χ1n) is 5.17. The SMILES string of the molecule is CC(C)N(CC(N)=O)S(=O)(=O)c1ncccc1F. The Balaban J connectivity index is 3.26. The summed E-state index contributed by atoms with van der Waals surface area (Å²) in [6.45, 7) is 2.60. The highest BCUT2D eigenvalue weighted by molar-refractivity contribution is 7.89. The van der Waals surface area contributed by atoms with Crippen LogP contribution in [0.25, 0.3) is 0 Å². The molecule has 0 aliphatic heterocycles. The van der Waals surface area contributed by atoms with Crippen LogP contribution in [0.4, 0.5) is 4.39 Å². The van der Waals surface area contributed by atoms with Gasteiger partial charge in [0.2, 0.25) is 10.9 Å². The molecule has 0 aromatic carbocycles. The Bertz CT molecular complexity index is 545. The average Bonchev–Trinajstić information content (AvgIpc) is 2.25. The lowest BCUT2D eigenvalue weighted by Crippen LogP contribution is -2.43. The Kier molecular flexibility index (Phi) is 4.36. The van der Waals surface area contributed by atoms with Crippen molar-refractivity contribution in [1.82, 2.24) is 9.29 Å². The molecule has 1 rings (SSSR count). The molecule has 0 spiro atoms. The van der Waals surface area contributed by atoms with E-state index in [-0.39, 0.29) is 0 Å². The van der Waals surface area contributed by atoms with Crippen molar-refractivity contribution >= 4 is 15.9 Å². The molecule has 2 N–H and O–H groups in total. The second-order valence-electron chi connectivity index (χ2n) is 3.90. The van der Waals surface area contributed by atoms with E-state index >= 15 is 0 Å². The molecule has 1 aromatic heterocycles. The van der Waals surface area contributed by atoms with E-state index in [1.54, 1.807) is 13.8 Å². The fourth-order valence-corrected chi connectivity index (χ4v) is 2.95. The standard InChI is InChI=1S/C10H14FN3O3S/c1-7(2)14(6-9(12)15)18(16,17)10-8(11)4-3-5-13-10/h3-5,7H,6H2,1-2H3,(H2,12,15). The number of nitrogens with two attached hydrogens (primary N) is 1. The lowest BCUT2D eigenvalue weighted by atomic mass is 10.4. The molecule has 1 aromatic rings. The Morgan fingerprint density at radius 1 is 1.56 bits per heavy atom. The summed E-state index contributed by atoms with van der Waals surface area (Å²) in [6.07, 6.45) is 1.17. The highest BCUT2D eigenvalue weighted by atomic mass is 32.2. The van der Waals surface area contributed by atoms with Crippen LogP contribution in [0.5, 0.6) is 0 Å². The second-order valence-corrected chi connectivity index (χ2v) is 5.71. The minimum absolute atomic E-state index is 0.518. The molecule has 18 heavy (non-hydrogen) atoms. The molecule has 0 fully saturated rings. The third-order valence-electron chi connectivity index (χ3n) is 2.17. The van der Waals surface area contributed by atoms with Crippen molar-refractivity contribution in [3.63, 3.8) is 0 Å². The number of hydrogen-bond acceptors (Lipinski definition) is 4. The first-order chi connectivity index (χ1) is 8.26. The van der Waals surface area contributed by atoms with Gasteiger partial charge in [0.15, 0.2) is 5.82 Å². The number of carbonyl (C=O) groups excluding carboxylic acids is 1. The molecule has 0 aliphatic carbocycles. The van der Waals surface area contributed by atoms with Gasteiger partial charge < -0.3 is 5.73 Å². The minimum Gasteiger partial charge on any atom is -0.369 e. The number of carbonyl (C=O) groups is 1. The normalized spacial score (nSPS) is 12.1. The van der Waals surface area contributed by atoms with Crippen LogP contribution in [-0.2, 0) is 14.8 Å². The van der Waals surface area contributed by atoms with E-state index in [1.807, 2.05) is 0 Å². The van der Waals surface area contributed by atoms with Gasteiger partial charge in [0, 0.05) is 12.2 Å². The molecule has 1 heterocycles. The van der Waals surface area contributed by atoms with Crippen LogP contribution >= 0.6 is 0 Å². The number of aromatic nitrogens is 1. The predicted molar refractivity (Wildman–Crippen MR) is 62.4 cm³/mol. The van der Waals surface area contributed by atoms with Gasteiger partial charge in [-0.15, -0.1) is 0 Å². The van der Waals surface area contributed by atoms with E-state index < -0.39 is 39.4 Å². The second kappa shape index (κ2) is 5.40. The summed E-state index contributed by atoms with van der Waals surface area (Å²) in [6, 6.07) is 1.73. The van der Waals surface area contributed by atoms with Crippen LogP contribution in [0.1, 0.15) is 13.8 Å². The van der Waals surface area contributed by atoms with Gasteiger partial charge in [-0.3, -0.25) is 4.79 Å². The topological polar surface area (TPSA) is 93.4 Å². The number of hydrogen-bond donors (Lipinski definition) is 1. The lowest BCUT2D eigenvalue weighted by Gasteiger charge is -2.23. The maximum atomic E-state index is 13.5. The van der Waals surface area contributed by atoms with Gasteiger partial charge >= 0.3 is 0 Å². The minimum atomic E-state index is -4.18. The molecular formula is C10H14FN3O3S. The van der Waals surface area contributed by atoms with Crippen molar-refractivity contribution < 1.29 is 17.6 Å². The molecule has 0 saturated heterocycles. The molecule has 0 saturated carbocycles. The zero-order valence-corrected chi connectivity index (χ0v) is 10.8. The summed E-state index contributed by atoms with van der Waals surface area (Å²) < 4.78 is 38.6. The molecule has 1 amide bonds. The van der Waals surface area contributed by atoms with Crippen LogP contribution in [-0.4, -0.2) is 36.2 Å². The largest absolute Gasteiger partial charge is 0.369 e. The number of halogens is 1. The number of pyridine rings is 1. The quantitative estimate of drug-likeness (QED) is 0.825. The van der Waals surface area contributed by atoms with Crippen molar-refractivity contribution in [2.24, 2.45) is 5.73 Å². The van der Waals surface area contributed by atoms with Crippen molar-refractivity contribution in [2.75, 3.05) is 6.54 Å². The van der Waals surface area contributed by atoms with Gasteiger partial charge in [-0.2, -0.15) is 4.31 Å². The van der Waals surface area contributed by atoms with Crippen LogP contribution < -0.4 is 5.73 Å². The zero-order chi connectivity index (χ0) is 13.9. The molecule has 0 aliphatic rings. The number of sulfonamides is 1. The van der Waals surface area contributed by atoms with Crippen molar-refractivity contribution in [1.29, 1.82) is 0 Å². The Labute approximate surface area is 105 Å². The van der Waals surface area contributed by atoms with Gasteiger partial charge in [0.25, 0.3) is 10.0 Å². The summed E-state index contributed by atoms with van der Waals surface area (Å²) in [5.74, 6) is -1.78. The summed E-state index contributed by atoms with van der Waals surface area (Å²) in [5.41, 5.74) is 4.98. The van der Waals surface area contributed by atoms with E-state index in [0.29, 0.717) is 0 Å². The third kappa shape index (κ3) is 3.02. The zero-order valence-electron chi connectivity index (χ0n) is 10.00. The smallest absolute Gasteiger partial charge is 0.264 e. The van der Waals surface area contributed by atoms with Gasteiger partial charge in [0.1, 0.15) is 0 Å². The van der Waals surface area contributed by atoms with E-state index in [9.17, 15) is 17.6 Å². The molecule has 6 nitrogen and oxygen atoms in total. The average molecular weight is 275 g/mol. The molecule has 0 unspecified atom stereocenters. The van der Waals surface area contributed by atoms with Gasteiger partial charge in [-0.1, -0.05) is 0 Å². The van der Waals surface area contributed by atoms with E-state index in [1.165, 1.54) is 12.3 Å². The lowest BCUT2D eigenvalue weighted by molar-refractivity contribution is -0.118. The molecule has 0 radical (unpaired) electrons. The molecule has 0 bridgehead atoms. The monoisotopic (exact) mass is 275 g/mol. The number of rotatable bonds is 5. The highest BCUT2D eigenvalue weighted by Gasteiger charge is 2.31. The fraction of sp³-hybridized carbons (Fsp3) is 0.400. The first kappa shape index (κ1) is 14.5. The van der Waals surface area contributed by atoms with Gasteiger partial charge in [0.05, 0.1) is 6.54 Å². The van der Waals surface area contributed by atoms with E-state index in [0.717, 1.165) is 10.4 Å². The Morgan fingerprint density at radius 2 is 2.17 bits per heavy atom. The third-order valence-corrected chi connectivity index (χ3v) is 4.12. The highest BCUT2D eigenvalue weighted by Crippen LogP contribution is 2.18. The van der Waals surface area contributed by atoms with Crippen molar-refractivity contribution in [2.45, 2.75) is 24.9 Å². The summed E-state index contributed by atoms with van der Waals surface area (Å²) in [4.78, 5) is 14.4. The van der Waals surface area contributed by atoms with Crippen molar-refractivity contribution in [3.05, 3.63) is 24.1 Å². The van der Waals surface area contributed by atoms with Crippen LogP contribution in [0.3, 0.4) is 0 Å². The summed E-state index contributed by atoms with van der Waals surface area (Å²) in [5, 5.41) is -0.708. The molecular weight excluding hydrogens is 261 g/mol. The number of amides is 1. The predicted octanol–water partition coefficient (Wildman–Crippen LogP) is 0.105. The molecule has 0 atom stereocenters. The van der Waals surface area contributed by atoms with Gasteiger partial charge in [-0.05, 0) is 26.0 Å². The molecule has 100 valence electrons. The Hall–Kier alpha value is -1.54. The van der Waals surface area contributed by atoms with E-state index in [2.05, 4.69) is 4.98 Å². The fourth-order valence-electron chi connectivity index (χ4n) is 1.37. The summed E-state index contributed by atoms with van der Waals surface area (Å²) in [7, 11) is -4.18. The Morgan fingerprint density at radius 3 is 2.61 bits per heavy atom.